The van der Waals surface area contributed by atoms with Gasteiger partial charge in [0.1, 0.15) is 0 Å². The number of hydrogen-bond donors (Lipinski definition) is 1. The van der Waals surface area contributed by atoms with E-state index in [0.717, 1.165) is 12.1 Å². The SMILES string of the molecule is CC(C)[NH2+]C(C)C.O.[Cl-]. The van der Waals surface area contributed by atoms with Crippen molar-refractivity contribution in [3.05, 3.63) is 0 Å². The highest BCUT2D eigenvalue weighted by Gasteiger charge is 1.96. The van der Waals surface area contributed by atoms with Crippen LogP contribution in [0.2, 0.25) is 0 Å². The van der Waals surface area contributed by atoms with Crippen LogP contribution >= 0.6 is 0 Å². The van der Waals surface area contributed by atoms with E-state index in [-0.39, 0.29) is 17.9 Å². The molecule has 0 aliphatic rings. The number of rotatable bonds is 2. The van der Waals surface area contributed by atoms with Crippen LogP contribution in [0.15, 0.2) is 0 Å². The molecule has 0 aromatic heterocycles. The van der Waals surface area contributed by atoms with Gasteiger partial charge in [0.25, 0.3) is 0 Å². The van der Waals surface area contributed by atoms with Crippen LogP contribution in [-0.4, -0.2) is 17.6 Å². The molecule has 0 aromatic carbocycles. The van der Waals surface area contributed by atoms with Crippen molar-refractivity contribution in [2.75, 3.05) is 0 Å². The summed E-state index contributed by atoms with van der Waals surface area (Å²) in [6.45, 7) is 8.83. The fourth-order valence-electron chi connectivity index (χ4n) is 0.770. The van der Waals surface area contributed by atoms with E-state index in [1.807, 2.05) is 0 Å². The van der Waals surface area contributed by atoms with Crippen LogP contribution in [0.5, 0.6) is 0 Å². The number of nitrogens with two attached hydrogens (primary N) is 1. The summed E-state index contributed by atoms with van der Waals surface area (Å²) in [6.07, 6.45) is 0. The van der Waals surface area contributed by atoms with Gasteiger partial charge in [0.15, 0.2) is 0 Å². The molecule has 0 amide bonds. The van der Waals surface area contributed by atoms with Crippen LogP contribution in [0.25, 0.3) is 0 Å². The van der Waals surface area contributed by atoms with E-state index in [9.17, 15) is 0 Å². The summed E-state index contributed by atoms with van der Waals surface area (Å²) in [5.41, 5.74) is 0. The molecule has 0 unspecified atom stereocenters. The summed E-state index contributed by atoms with van der Waals surface area (Å²) < 4.78 is 0. The van der Waals surface area contributed by atoms with Gasteiger partial charge >= 0.3 is 0 Å². The zero-order valence-electron chi connectivity index (χ0n) is 6.61. The Morgan fingerprint density at radius 1 is 0.889 bits per heavy atom. The molecule has 0 bridgehead atoms. The molecule has 60 valence electrons. The average Bonchev–Trinajstić information content (AvgIpc) is 1.27. The van der Waals surface area contributed by atoms with Gasteiger partial charge in [0.2, 0.25) is 0 Å². The number of quaternary nitrogens is 1. The van der Waals surface area contributed by atoms with Gasteiger partial charge in [0.05, 0.1) is 12.1 Å². The van der Waals surface area contributed by atoms with Crippen LogP contribution in [0, 0.1) is 0 Å². The molecule has 0 saturated heterocycles. The molecule has 0 aliphatic carbocycles. The highest BCUT2D eigenvalue weighted by Crippen LogP contribution is 1.67. The van der Waals surface area contributed by atoms with Gasteiger partial charge in [-0.2, -0.15) is 0 Å². The molecule has 0 saturated carbocycles. The lowest BCUT2D eigenvalue weighted by molar-refractivity contribution is -0.709. The molecular weight excluding hydrogens is 138 g/mol. The van der Waals surface area contributed by atoms with E-state index < -0.39 is 0 Å². The van der Waals surface area contributed by atoms with E-state index in [1.54, 1.807) is 0 Å². The minimum atomic E-state index is 0. The average molecular weight is 156 g/mol. The minimum Gasteiger partial charge on any atom is -1.00 e. The van der Waals surface area contributed by atoms with E-state index in [2.05, 4.69) is 33.0 Å². The van der Waals surface area contributed by atoms with Gasteiger partial charge in [0, 0.05) is 0 Å². The van der Waals surface area contributed by atoms with Crippen molar-refractivity contribution in [2.45, 2.75) is 39.8 Å². The molecule has 0 atom stereocenters. The Morgan fingerprint density at radius 2 is 1.11 bits per heavy atom. The van der Waals surface area contributed by atoms with Gasteiger partial charge in [-0.1, -0.05) is 0 Å². The first-order chi connectivity index (χ1) is 3.13. The lowest BCUT2D eigenvalue weighted by atomic mass is 10.3. The lowest BCUT2D eigenvalue weighted by Gasteiger charge is -2.06. The third kappa shape index (κ3) is 17.9. The topological polar surface area (TPSA) is 48.1 Å². The Morgan fingerprint density at radius 3 is 1.11 bits per heavy atom. The van der Waals surface area contributed by atoms with Crippen molar-refractivity contribution >= 4 is 0 Å². The van der Waals surface area contributed by atoms with Crippen LogP contribution in [0.4, 0.5) is 0 Å². The van der Waals surface area contributed by atoms with Crippen molar-refractivity contribution in [3.8, 4) is 0 Å². The molecule has 0 aliphatic heterocycles. The van der Waals surface area contributed by atoms with E-state index >= 15 is 0 Å². The molecular formula is C6H18ClNO. The molecule has 0 spiro atoms. The van der Waals surface area contributed by atoms with E-state index in [0.29, 0.717) is 0 Å². The van der Waals surface area contributed by atoms with Crippen LogP contribution < -0.4 is 17.7 Å². The zero-order chi connectivity index (χ0) is 5.86. The molecule has 0 rings (SSSR count). The summed E-state index contributed by atoms with van der Waals surface area (Å²) >= 11 is 0. The summed E-state index contributed by atoms with van der Waals surface area (Å²) in [5, 5.41) is 2.33. The maximum atomic E-state index is 2.33. The van der Waals surface area contributed by atoms with Crippen molar-refractivity contribution in [1.29, 1.82) is 0 Å². The minimum absolute atomic E-state index is 0. The summed E-state index contributed by atoms with van der Waals surface area (Å²) in [4.78, 5) is 0. The first-order valence-corrected chi connectivity index (χ1v) is 2.98. The highest BCUT2D eigenvalue weighted by atomic mass is 35.5. The highest BCUT2D eigenvalue weighted by molar-refractivity contribution is 4.31. The zero-order valence-corrected chi connectivity index (χ0v) is 7.37. The quantitative estimate of drug-likeness (QED) is 0.431. The van der Waals surface area contributed by atoms with Crippen LogP contribution in [-0.2, 0) is 0 Å². The van der Waals surface area contributed by atoms with Crippen molar-refractivity contribution in [3.63, 3.8) is 0 Å². The third-order valence-corrected chi connectivity index (χ3v) is 0.770. The maximum Gasteiger partial charge on any atom is 0.0803 e. The number of hydrogen-bond acceptors (Lipinski definition) is 0. The van der Waals surface area contributed by atoms with Gasteiger partial charge in [-0.05, 0) is 27.7 Å². The normalized spacial score (nSPS) is 8.67. The molecule has 0 aromatic rings. The van der Waals surface area contributed by atoms with Crippen molar-refractivity contribution < 1.29 is 23.2 Å². The molecule has 3 heteroatoms. The second-order valence-corrected chi connectivity index (χ2v) is 2.68. The predicted octanol–water partition coefficient (Wildman–Crippen LogP) is -3.45. The number of halogens is 1. The van der Waals surface area contributed by atoms with Gasteiger partial charge < -0.3 is 23.2 Å². The second-order valence-electron chi connectivity index (χ2n) is 2.68. The fraction of sp³-hybridized carbons (Fsp3) is 1.00. The van der Waals surface area contributed by atoms with Crippen LogP contribution in [0.3, 0.4) is 0 Å². The molecule has 2 nitrogen and oxygen atoms in total. The fourth-order valence-corrected chi connectivity index (χ4v) is 0.770. The van der Waals surface area contributed by atoms with E-state index in [1.165, 1.54) is 0 Å². The predicted molar refractivity (Wildman–Crippen MR) is 35.8 cm³/mol. The second kappa shape index (κ2) is 8.21. The summed E-state index contributed by atoms with van der Waals surface area (Å²) in [5.74, 6) is 0. The Hall–Kier alpha value is 0.210. The first-order valence-electron chi connectivity index (χ1n) is 2.98. The Kier molecular flexibility index (Phi) is 14.7. The van der Waals surface area contributed by atoms with Crippen LogP contribution in [0.1, 0.15) is 27.7 Å². The maximum absolute atomic E-state index is 2.33. The largest absolute Gasteiger partial charge is 1.00 e. The van der Waals surface area contributed by atoms with Gasteiger partial charge in [-0.3, -0.25) is 0 Å². The van der Waals surface area contributed by atoms with E-state index in [4.69, 9.17) is 0 Å². The summed E-state index contributed by atoms with van der Waals surface area (Å²) in [6, 6.07) is 1.50. The monoisotopic (exact) mass is 155 g/mol. The standard InChI is InChI=1S/C6H15N.ClH.H2O/c1-5(2)7-6(3)4;;/h5-7H,1-4H3;1H;1H2. The smallest absolute Gasteiger partial charge is 0.0803 e. The van der Waals surface area contributed by atoms with Crippen molar-refractivity contribution in [2.24, 2.45) is 0 Å². The first kappa shape index (κ1) is 16.1. The molecule has 9 heavy (non-hydrogen) atoms. The van der Waals surface area contributed by atoms with Gasteiger partial charge in [-0.15, -0.1) is 0 Å². The lowest BCUT2D eigenvalue weighted by Crippen LogP contribution is -3.00. The Labute approximate surface area is 63.7 Å². The third-order valence-electron chi connectivity index (χ3n) is 0.770. The summed E-state index contributed by atoms with van der Waals surface area (Å²) in [7, 11) is 0. The molecule has 0 heterocycles. The molecule has 0 fully saturated rings. The molecule has 4 N–H and O–H groups in total. The molecule has 0 radical (unpaired) electrons. The van der Waals surface area contributed by atoms with Crippen molar-refractivity contribution in [1.82, 2.24) is 0 Å². The van der Waals surface area contributed by atoms with Gasteiger partial charge in [-0.25, -0.2) is 0 Å². The Bertz CT molecular complexity index is 42.3. The Balaban J connectivity index is -0.000000180.